The summed E-state index contributed by atoms with van der Waals surface area (Å²) in [5.74, 6) is 0.994. The summed E-state index contributed by atoms with van der Waals surface area (Å²) in [5.41, 5.74) is 0. The summed E-state index contributed by atoms with van der Waals surface area (Å²) < 4.78 is 43.1. The quantitative estimate of drug-likeness (QED) is 0.653. The molecule has 31 heavy (non-hydrogen) atoms. The third-order valence-electron chi connectivity index (χ3n) is 5.02. The summed E-state index contributed by atoms with van der Waals surface area (Å²) in [6.07, 6.45) is 0.136. The highest BCUT2D eigenvalue weighted by Gasteiger charge is 2.30. The van der Waals surface area contributed by atoms with Crippen LogP contribution in [0, 0.1) is 0 Å². The fourth-order valence-electron chi connectivity index (χ4n) is 3.29. The molecule has 1 aliphatic rings. The number of carbonyl (C=O) groups excluding carboxylic acids is 1. The number of para-hydroxylation sites is 2. The van der Waals surface area contributed by atoms with Crippen molar-refractivity contribution in [3.8, 4) is 23.0 Å². The minimum atomic E-state index is -3.72. The number of carbonyl (C=O) groups is 1. The summed E-state index contributed by atoms with van der Waals surface area (Å²) in [4.78, 5) is 14.2. The molecule has 1 aliphatic heterocycles. The minimum Gasteiger partial charge on any atom is -0.504 e. The van der Waals surface area contributed by atoms with Crippen LogP contribution in [-0.2, 0) is 14.8 Å². The van der Waals surface area contributed by atoms with E-state index in [0.717, 1.165) is 0 Å². The Kier molecular flexibility index (Phi) is 7.24. The maximum atomic E-state index is 13.0. The first-order valence-corrected chi connectivity index (χ1v) is 11.2. The molecule has 0 aliphatic carbocycles. The van der Waals surface area contributed by atoms with Crippen LogP contribution in [0.3, 0.4) is 0 Å². The van der Waals surface area contributed by atoms with Gasteiger partial charge >= 0.3 is 0 Å². The Labute approximate surface area is 181 Å². The molecule has 1 fully saturated rings. The second-order valence-electron chi connectivity index (χ2n) is 6.87. The van der Waals surface area contributed by atoms with Crippen molar-refractivity contribution in [2.75, 3.05) is 47.0 Å². The number of benzene rings is 2. The van der Waals surface area contributed by atoms with Crippen molar-refractivity contribution in [3.63, 3.8) is 0 Å². The lowest BCUT2D eigenvalue weighted by Crippen LogP contribution is -2.50. The first-order valence-electron chi connectivity index (χ1n) is 9.77. The van der Waals surface area contributed by atoms with Crippen LogP contribution >= 0.6 is 0 Å². The summed E-state index contributed by atoms with van der Waals surface area (Å²) in [6, 6.07) is 11.0. The van der Waals surface area contributed by atoms with Gasteiger partial charge in [0.05, 0.1) is 32.1 Å². The van der Waals surface area contributed by atoms with E-state index in [1.807, 2.05) is 0 Å². The molecule has 1 heterocycles. The van der Waals surface area contributed by atoms with Gasteiger partial charge in [-0.1, -0.05) is 12.1 Å². The molecule has 1 N–H and O–H groups in total. The molecule has 0 spiro atoms. The Morgan fingerprint density at radius 2 is 1.65 bits per heavy atom. The molecule has 168 valence electrons. The highest BCUT2D eigenvalue weighted by molar-refractivity contribution is 7.89. The predicted octanol–water partition coefficient (Wildman–Crippen LogP) is 1.71. The molecule has 0 aromatic heterocycles. The normalized spacial score (nSPS) is 14.8. The van der Waals surface area contributed by atoms with Crippen molar-refractivity contribution in [1.82, 2.24) is 9.21 Å². The van der Waals surface area contributed by atoms with Crippen molar-refractivity contribution < 1.29 is 32.5 Å². The number of phenols is 1. The number of hydrogen-bond donors (Lipinski definition) is 1. The number of amides is 1. The zero-order chi connectivity index (χ0) is 22.4. The van der Waals surface area contributed by atoms with Gasteiger partial charge in [0, 0.05) is 32.2 Å². The fourth-order valence-corrected chi connectivity index (χ4v) is 4.73. The van der Waals surface area contributed by atoms with Gasteiger partial charge in [0.2, 0.25) is 15.9 Å². The van der Waals surface area contributed by atoms with Gasteiger partial charge in [-0.3, -0.25) is 4.79 Å². The average molecular weight is 451 g/mol. The van der Waals surface area contributed by atoms with Crippen molar-refractivity contribution in [2.45, 2.75) is 11.3 Å². The van der Waals surface area contributed by atoms with Crippen molar-refractivity contribution in [3.05, 3.63) is 42.5 Å². The minimum absolute atomic E-state index is 0.0175. The topological polar surface area (TPSA) is 106 Å². The second kappa shape index (κ2) is 9.88. The molecule has 0 atom stereocenters. The molecule has 3 rings (SSSR count). The molecule has 0 saturated carbocycles. The molecular formula is C21H26N2O7S. The first kappa shape index (κ1) is 22.7. The molecule has 0 unspecified atom stereocenters. The number of piperazine rings is 1. The third kappa shape index (κ3) is 5.20. The Balaban J connectivity index is 1.54. The molecule has 1 amide bonds. The van der Waals surface area contributed by atoms with Crippen molar-refractivity contribution in [1.29, 1.82) is 0 Å². The lowest BCUT2D eigenvalue weighted by atomic mass is 10.3. The maximum absolute atomic E-state index is 13.0. The van der Waals surface area contributed by atoms with Gasteiger partial charge in [0.1, 0.15) is 0 Å². The highest BCUT2D eigenvalue weighted by atomic mass is 32.2. The fraction of sp³-hybridized carbons (Fsp3) is 0.381. The van der Waals surface area contributed by atoms with Gasteiger partial charge in [0.25, 0.3) is 0 Å². The van der Waals surface area contributed by atoms with Crippen molar-refractivity contribution >= 4 is 15.9 Å². The molecular weight excluding hydrogens is 424 g/mol. The van der Waals surface area contributed by atoms with E-state index in [0.29, 0.717) is 30.3 Å². The van der Waals surface area contributed by atoms with Gasteiger partial charge < -0.3 is 24.2 Å². The van der Waals surface area contributed by atoms with Crippen LogP contribution in [0.4, 0.5) is 0 Å². The monoisotopic (exact) mass is 450 g/mol. The molecule has 0 bridgehead atoms. The van der Waals surface area contributed by atoms with E-state index in [1.54, 1.807) is 29.2 Å². The Morgan fingerprint density at radius 1 is 0.968 bits per heavy atom. The molecule has 10 heteroatoms. The molecule has 0 radical (unpaired) electrons. The number of hydrogen-bond acceptors (Lipinski definition) is 7. The van der Waals surface area contributed by atoms with E-state index in [1.165, 1.54) is 36.7 Å². The third-order valence-corrected chi connectivity index (χ3v) is 6.92. The zero-order valence-electron chi connectivity index (χ0n) is 17.5. The van der Waals surface area contributed by atoms with Gasteiger partial charge in [-0.2, -0.15) is 4.31 Å². The summed E-state index contributed by atoms with van der Waals surface area (Å²) in [5, 5.41) is 9.69. The van der Waals surface area contributed by atoms with Crippen LogP contribution < -0.4 is 14.2 Å². The Bertz CT molecular complexity index is 1020. The largest absolute Gasteiger partial charge is 0.504 e. The standard InChI is InChI=1S/C21H26N2O7S/c1-28-19-8-7-16(15-20(19)29-2)31(26,27)23-12-10-22(11-13-23)21(25)9-14-30-18-6-4-3-5-17(18)24/h3-8,15,24H,9-14H2,1-2H3. The van der Waals surface area contributed by atoms with Gasteiger partial charge in [-0.25, -0.2) is 8.42 Å². The number of methoxy groups -OCH3 is 2. The van der Waals surface area contributed by atoms with E-state index in [4.69, 9.17) is 14.2 Å². The second-order valence-corrected chi connectivity index (χ2v) is 8.81. The van der Waals surface area contributed by atoms with Crippen LogP contribution in [0.2, 0.25) is 0 Å². The van der Waals surface area contributed by atoms with Gasteiger partial charge in [-0.05, 0) is 24.3 Å². The first-order chi connectivity index (χ1) is 14.9. The smallest absolute Gasteiger partial charge is 0.243 e. The molecule has 9 nitrogen and oxygen atoms in total. The van der Waals surface area contributed by atoms with E-state index in [9.17, 15) is 18.3 Å². The van der Waals surface area contributed by atoms with E-state index >= 15 is 0 Å². The number of sulfonamides is 1. The zero-order valence-corrected chi connectivity index (χ0v) is 18.3. The number of nitrogens with zero attached hydrogens (tertiary/aromatic N) is 2. The Hall–Kier alpha value is -2.98. The van der Waals surface area contributed by atoms with Crippen LogP contribution in [0.1, 0.15) is 6.42 Å². The maximum Gasteiger partial charge on any atom is 0.243 e. The molecule has 1 saturated heterocycles. The average Bonchev–Trinajstić information content (AvgIpc) is 2.79. The SMILES string of the molecule is COc1ccc(S(=O)(=O)N2CCN(C(=O)CCOc3ccccc3O)CC2)cc1OC. The number of ether oxygens (including phenoxy) is 3. The summed E-state index contributed by atoms with van der Waals surface area (Å²) in [7, 11) is -0.791. The van der Waals surface area contributed by atoms with E-state index < -0.39 is 10.0 Å². The Morgan fingerprint density at radius 3 is 2.29 bits per heavy atom. The van der Waals surface area contributed by atoms with E-state index in [-0.39, 0.29) is 42.7 Å². The number of phenolic OH excluding ortho intramolecular Hbond substituents is 1. The predicted molar refractivity (Wildman–Crippen MR) is 113 cm³/mol. The highest BCUT2D eigenvalue weighted by Crippen LogP contribution is 2.31. The lowest BCUT2D eigenvalue weighted by molar-refractivity contribution is -0.132. The van der Waals surface area contributed by atoms with E-state index in [2.05, 4.69) is 0 Å². The van der Waals surface area contributed by atoms with Gasteiger partial charge in [-0.15, -0.1) is 0 Å². The van der Waals surface area contributed by atoms with Crippen LogP contribution in [-0.4, -0.2) is 75.6 Å². The van der Waals surface area contributed by atoms with Crippen LogP contribution in [0.5, 0.6) is 23.0 Å². The number of aromatic hydroxyl groups is 1. The molecule has 2 aromatic carbocycles. The van der Waals surface area contributed by atoms with Gasteiger partial charge in [0.15, 0.2) is 23.0 Å². The van der Waals surface area contributed by atoms with Crippen LogP contribution in [0.25, 0.3) is 0 Å². The number of rotatable bonds is 8. The summed E-state index contributed by atoms with van der Waals surface area (Å²) >= 11 is 0. The lowest BCUT2D eigenvalue weighted by Gasteiger charge is -2.34. The van der Waals surface area contributed by atoms with Crippen molar-refractivity contribution in [2.24, 2.45) is 0 Å². The molecule has 2 aromatic rings. The van der Waals surface area contributed by atoms with Crippen LogP contribution in [0.15, 0.2) is 47.4 Å². The summed E-state index contributed by atoms with van der Waals surface area (Å²) in [6.45, 7) is 1.11.